The van der Waals surface area contributed by atoms with Crippen molar-refractivity contribution in [3.05, 3.63) is 18.6 Å². The molecule has 0 aromatic carbocycles. The molecule has 0 bridgehead atoms. The van der Waals surface area contributed by atoms with E-state index in [1.807, 2.05) is 0 Å². The van der Waals surface area contributed by atoms with Gasteiger partial charge in [0, 0.05) is 12.3 Å². The lowest BCUT2D eigenvalue weighted by Crippen LogP contribution is -2.04. The van der Waals surface area contributed by atoms with Crippen LogP contribution in [0, 0.1) is 0 Å². The number of hydrogen-bond donors (Lipinski definition) is 2. The summed E-state index contributed by atoms with van der Waals surface area (Å²) in [6, 6.07) is 1.66. The number of rotatable bonds is 1. The van der Waals surface area contributed by atoms with Gasteiger partial charge < -0.3 is 11.5 Å². The molecule has 13 heavy (non-hydrogen) atoms. The van der Waals surface area contributed by atoms with E-state index in [1.165, 1.54) is 11.0 Å². The molecule has 0 amide bonds. The molecule has 2 heterocycles. The lowest BCUT2D eigenvalue weighted by Gasteiger charge is -1.98. The Balaban J connectivity index is 2.53. The summed E-state index contributed by atoms with van der Waals surface area (Å²) in [4.78, 5) is 11.4. The quantitative estimate of drug-likeness (QED) is 0.591. The standard InChI is InChI=1S/C6H7N7/c7-5-11-6(8)13(12-5)4-1-2-9-3-10-4/h1-3H,(H4,7,8,11,12). The van der Waals surface area contributed by atoms with Crippen molar-refractivity contribution in [3.8, 4) is 5.82 Å². The normalized spacial score (nSPS) is 10.2. The maximum Gasteiger partial charge on any atom is 0.241 e. The Kier molecular flexibility index (Phi) is 1.55. The van der Waals surface area contributed by atoms with E-state index in [0.717, 1.165) is 0 Å². The van der Waals surface area contributed by atoms with Gasteiger partial charge in [0.2, 0.25) is 11.9 Å². The maximum absolute atomic E-state index is 5.52. The average molecular weight is 177 g/mol. The van der Waals surface area contributed by atoms with Crippen molar-refractivity contribution >= 4 is 11.9 Å². The third-order valence-electron chi connectivity index (χ3n) is 1.43. The van der Waals surface area contributed by atoms with Crippen molar-refractivity contribution in [2.45, 2.75) is 0 Å². The molecule has 2 aromatic heterocycles. The van der Waals surface area contributed by atoms with Crippen LogP contribution in [0.3, 0.4) is 0 Å². The van der Waals surface area contributed by atoms with Crippen molar-refractivity contribution in [1.29, 1.82) is 0 Å². The van der Waals surface area contributed by atoms with Gasteiger partial charge in [0.1, 0.15) is 6.33 Å². The Morgan fingerprint density at radius 2 is 2.15 bits per heavy atom. The molecule has 4 N–H and O–H groups in total. The van der Waals surface area contributed by atoms with E-state index in [1.54, 1.807) is 12.3 Å². The summed E-state index contributed by atoms with van der Waals surface area (Å²) in [5.41, 5.74) is 10.9. The summed E-state index contributed by atoms with van der Waals surface area (Å²) in [6.45, 7) is 0. The summed E-state index contributed by atoms with van der Waals surface area (Å²) >= 11 is 0. The molecule has 66 valence electrons. The monoisotopic (exact) mass is 177 g/mol. The molecule has 0 aliphatic rings. The Bertz CT molecular complexity index is 406. The van der Waals surface area contributed by atoms with E-state index in [4.69, 9.17) is 11.5 Å². The van der Waals surface area contributed by atoms with E-state index >= 15 is 0 Å². The lowest BCUT2D eigenvalue weighted by molar-refractivity contribution is 0.852. The number of nitrogen functional groups attached to an aromatic ring is 2. The Morgan fingerprint density at radius 1 is 1.31 bits per heavy atom. The molecule has 7 nitrogen and oxygen atoms in total. The topological polar surface area (TPSA) is 109 Å². The zero-order valence-corrected chi connectivity index (χ0v) is 6.62. The van der Waals surface area contributed by atoms with E-state index in [2.05, 4.69) is 20.1 Å². The van der Waals surface area contributed by atoms with Crippen molar-refractivity contribution in [1.82, 2.24) is 24.7 Å². The van der Waals surface area contributed by atoms with Crippen LogP contribution in [-0.4, -0.2) is 24.7 Å². The van der Waals surface area contributed by atoms with Crippen LogP contribution in [0.25, 0.3) is 5.82 Å². The summed E-state index contributed by atoms with van der Waals surface area (Å²) in [5, 5.41) is 3.85. The van der Waals surface area contributed by atoms with E-state index in [-0.39, 0.29) is 11.9 Å². The minimum atomic E-state index is 0.121. The Hall–Kier alpha value is -2.18. The van der Waals surface area contributed by atoms with Gasteiger partial charge in [-0.1, -0.05) is 0 Å². The first kappa shape index (κ1) is 7.47. The fourth-order valence-corrected chi connectivity index (χ4v) is 0.918. The number of hydrogen-bond acceptors (Lipinski definition) is 6. The minimum Gasteiger partial charge on any atom is -0.368 e. The first-order valence-electron chi connectivity index (χ1n) is 3.52. The van der Waals surface area contributed by atoms with Crippen molar-refractivity contribution in [2.24, 2.45) is 0 Å². The SMILES string of the molecule is Nc1nc(N)n(-c2ccncn2)n1. The molecule has 0 radical (unpaired) electrons. The third kappa shape index (κ3) is 1.26. The van der Waals surface area contributed by atoms with Gasteiger partial charge in [0.25, 0.3) is 0 Å². The zero-order valence-electron chi connectivity index (χ0n) is 6.62. The molecule has 0 unspecified atom stereocenters. The smallest absolute Gasteiger partial charge is 0.241 e. The molecule has 0 spiro atoms. The van der Waals surface area contributed by atoms with Crippen LogP contribution in [0.15, 0.2) is 18.6 Å². The fourth-order valence-electron chi connectivity index (χ4n) is 0.918. The maximum atomic E-state index is 5.52. The van der Waals surface area contributed by atoms with Crippen molar-refractivity contribution < 1.29 is 0 Å². The highest BCUT2D eigenvalue weighted by atomic mass is 15.4. The predicted molar refractivity (Wildman–Crippen MR) is 45.8 cm³/mol. The van der Waals surface area contributed by atoms with Crippen molar-refractivity contribution in [3.63, 3.8) is 0 Å². The summed E-state index contributed by atoms with van der Waals surface area (Å²) < 4.78 is 1.34. The molecular weight excluding hydrogens is 170 g/mol. The second-order valence-corrected chi connectivity index (χ2v) is 2.31. The fraction of sp³-hybridized carbons (Fsp3) is 0. The Morgan fingerprint density at radius 3 is 2.69 bits per heavy atom. The lowest BCUT2D eigenvalue weighted by atomic mass is 10.6. The van der Waals surface area contributed by atoms with Gasteiger partial charge in [-0.2, -0.15) is 9.67 Å². The summed E-state index contributed by atoms with van der Waals surface area (Å²) in [5.74, 6) is 0.865. The number of nitrogens with two attached hydrogens (primary N) is 2. The average Bonchev–Trinajstić information content (AvgIpc) is 2.47. The van der Waals surface area contributed by atoms with Gasteiger partial charge in [-0.05, 0) is 0 Å². The second kappa shape index (κ2) is 2.70. The third-order valence-corrected chi connectivity index (χ3v) is 1.43. The number of aromatic nitrogens is 5. The van der Waals surface area contributed by atoms with Crippen LogP contribution in [0.5, 0.6) is 0 Å². The van der Waals surface area contributed by atoms with Crippen LogP contribution in [-0.2, 0) is 0 Å². The number of anilines is 2. The molecule has 7 heteroatoms. The Labute approximate surface area is 73.4 Å². The van der Waals surface area contributed by atoms with Crippen LogP contribution in [0.1, 0.15) is 0 Å². The molecule has 2 aromatic rings. The van der Waals surface area contributed by atoms with E-state index in [9.17, 15) is 0 Å². The molecule has 0 aliphatic carbocycles. The minimum absolute atomic E-state index is 0.121. The van der Waals surface area contributed by atoms with Crippen LogP contribution in [0.4, 0.5) is 11.9 Å². The van der Waals surface area contributed by atoms with Gasteiger partial charge in [-0.3, -0.25) is 0 Å². The van der Waals surface area contributed by atoms with Gasteiger partial charge >= 0.3 is 0 Å². The molecule has 0 saturated heterocycles. The predicted octanol–water partition coefficient (Wildman–Crippen LogP) is -0.778. The molecule has 0 fully saturated rings. The van der Waals surface area contributed by atoms with Gasteiger partial charge in [-0.25, -0.2) is 9.97 Å². The highest BCUT2D eigenvalue weighted by molar-refractivity contribution is 5.34. The summed E-state index contributed by atoms with van der Waals surface area (Å²) in [6.07, 6.45) is 2.98. The molecule has 0 atom stereocenters. The second-order valence-electron chi connectivity index (χ2n) is 2.31. The highest BCUT2D eigenvalue weighted by Crippen LogP contribution is 2.07. The van der Waals surface area contributed by atoms with Gasteiger partial charge in [-0.15, -0.1) is 5.10 Å². The van der Waals surface area contributed by atoms with Crippen molar-refractivity contribution in [2.75, 3.05) is 11.5 Å². The first-order valence-corrected chi connectivity index (χ1v) is 3.52. The van der Waals surface area contributed by atoms with Crippen LogP contribution < -0.4 is 11.5 Å². The van der Waals surface area contributed by atoms with Gasteiger partial charge in [0.15, 0.2) is 5.82 Å². The van der Waals surface area contributed by atoms with E-state index < -0.39 is 0 Å². The van der Waals surface area contributed by atoms with Gasteiger partial charge in [0.05, 0.1) is 0 Å². The molecule has 2 rings (SSSR count). The molecule has 0 aliphatic heterocycles. The summed E-state index contributed by atoms with van der Waals surface area (Å²) in [7, 11) is 0. The largest absolute Gasteiger partial charge is 0.368 e. The van der Waals surface area contributed by atoms with Crippen LogP contribution in [0.2, 0.25) is 0 Å². The van der Waals surface area contributed by atoms with Crippen LogP contribution >= 0.6 is 0 Å². The number of nitrogens with zero attached hydrogens (tertiary/aromatic N) is 5. The molecule has 0 saturated carbocycles. The highest BCUT2D eigenvalue weighted by Gasteiger charge is 2.05. The zero-order chi connectivity index (χ0) is 9.26. The molecular formula is C6H7N7. The van der Waals surface area contributed by atoms with E-state index in [0.29, 0.717) is 5.82 Å². The first-order chi connectivity index (χ1) is 6.27.